The molecule has 1 aromatic carbocycles. The largest absolute Gasteiger partial charge is 0.459 e. The van der Waals surface area contributed by atoms with Gasteiger partial charge in [0.2, 0.25) is 0 Å². The first kappa shape index (κ1) is 22.7. The Hall–Kier alpha value is -1.99. The van der Waals surface area contributed by atoms with Crippen LogP contribution in [0.25, 0.3) is 0 Å². The smallest absolute Gasteiger partial charge is 0.306 e. The molecule has 0 saturated carbocycles. The molecule has 0 bridgehead atoms. The summed E-state index contributed by atoms with van der Waals surface area (Å²) >= 11 is 0. The molecule has 2 aliphatic rings. The Bertz CT molecular complexity index is 716. The lowest BCUT2D eigenvalue weighted by Gasteiger charge is -2.30. The highest BCUT2D eigenvalue weighted by Crippen LogP contribution is 2.41. The summed E-state index contributed by atoms with van der Waals surface area (Å²) in [6.07, 6.45) is 3.25. The summed E-state index contributed by atoms with van der Waals surface area (Å²) in [6.45, 7) is 11.5. The van der Waals surface area contributed by atoms with Gasteiger partial charge >= 0.3 is 5.97 Å². The predicted octanol–water partition coefficient (Wildman–Crippen LogP) is 4.29. The van der Waals surface area contributed by atoms with Crippen molar-refractivity contribution in [3.05, 3.63) is 61.2 Å². The van der Waals surface area contributed by atoms with Gasteiger partial charge in [-0.3, -0.25) is 4.79 Å². The molecule has 0 N–H and O–H groups in total. The van der Waals surface area contributed by atoms with Crippen molar-refractivity contribution in [1.82, 2.24) is 0 Å². The molecule has 0 aliphatic carbocycles. The molecule has 0 spiro atoms. The van der Waals surface area contributed by atoms with Gasteiger partial charge in [-0.05, 0) is 38.7 Å². The second-order valence-corrected chi connectivity index (χ2v) is 8.05. The Labute approximate surface area is 178 Å². The molecular weight excluding hydrogens is 384 g/mol. The van der Waals surface area contributed by atoms with Crippen molar-refractivity contribution in [2.24, 2.45) is 0 Å². The summed E-state index contributed by atoms with van der Waals surface area (Å²) in [5.41, 5.74) is 1.04. The van der Waals surface area contributed by atoms with Gasteiger partial charge in [-0.25, -0.2) is 0 Å². The van der Waals surface area contributed by atoms with Crippen molar-refractivity contribution in [2.75, 3.05) is 0 Å². The third kappa shape index (κ3) is 5.79. The van der Waals surface area contributed by atoms with Gasteiger partial charge in [0.15, 0.2) is 12.1 Å². The number of fused-ring (bicyclic) bond motifs is 1. The number of carbonyl (C=O) groups excluding carboxylic acids is 1. The average molecular weight is 417 g/mol. The number of ether oxygens (including phenoxy) is 5. The van der Waals surface area contributed by atoms with Crippen LogP contribution in [0, 0.1) is 0 Å². The van der Waals surface area contributed by atoms with Crippen molar-refractivity contribution in [2.45, 2.75) is 82.6 Å². The number of carbonyl (C=O) groups is 1. The Morgan fingerprint density at radius 1 is 1.17 bits per heavy atom. The summed E-state index contributed by atoms with van der Waals surface area (Å²) in [5.74, 6) is -1.04. The normalized spacial score (nSPS) is 27.9. The van der Waals surface area contributed by atoms with Crippen molar-refractivity contribution in [3.8, 4) is 0 Å². The summed E-state index contributed by atoms with van der Waals surface area (Å²) in [5, 5.41) is 0. The summed E-state index contributed by atoms with van der Waals surface area (Å²) in [4.78, 5) is 12.3. The number of rotatable bonds is 11. The maximum absolute atomic E-state index is 12.3. The van der Waals surface area contributed by atoms with E-state index in [0.717, 1.165) is 5.56 Å². The van der Waals surface area contributed by atoms with Crippen LogP contribution in [0.2, 0.25) is 0 Å². The predicted molar refractivity (Wildman–Crippen MR) is 112 cm³/mol. The fourth-order valence-electron chi connectivity index (χ4n) is 3.78. The molecule has 0 aromatic heterocycles. The molecule has 0 unspecified atom stereocenters. The maximum Gasteiger partial charge on any atom is 0.306 e. The Kier molecular flexibility index (Phi) is 7.83. The third-order valence-electron chi connectivity index (χ3n) is 5.17. The zero-order chi connectivity index (χ0) is 21.6. The molecule has 2 heterocycles. The summed E-state index contributed by atoms with van der Waals surface area (Å²) in [7, 11) is 0. The van der Waals surface area contributed by atoms with Gasteiger partial charge in [-0.2, -0.15) is 0 Å². The third-order valence-corrected chi connectivity index (χ3v) is 5.17. The van der Waals surface area contributed by atoms with Crippen LogP contribution in [0.5, 0.6) is 0 Å². The minimum Gasteiger partial charge on any atom is -0.459 e. The number of hydrogen-bond donors (Lipinski definition) is 0. The van der Waals surface area contributed by atoms with E-state index in [2.05, 4.69) is 13.2 Å². The van der Waals surface area contributed by atoms with E-state index in [1.807, 2.05) is 44.2 Å². The standard InChI is InChI=1S/C24H32O6/c1-5-7-14-18(27-19(25)15-8-6-2)20-21(26-16-17-12-10-9-11-13-17)22-23(28-20)30-24(3,4)29-22/h5-6,9-13,18,20-23H,1-2,7-8,14-16H2,3-4H3/t18-,20-,21+,22-,23-/m1/s1. The van der Waals surface area contributed by atoms with Gasteiger partial charge in [0, 0.05) is 6.42 Å². The average Bonchev–Trinajstić information content (AvgIpc) is 3.20. The van der Waals surface area contributed by atoms with Gasteiger partial charge in [0.05, 0.1) is 6.61 Å². The minimum absolute atomic E-state index is 0.281. The van der Waals surface area contributed by atoms with Gasteiger partial charge in [0.1, 0.15) is 24.4 Å². The van der Waals surface area contributed by atoms with E-state index in [0.29, 0.717) is 25.9 Å². The fraction of sp³-hybridized carbons (Fsp3) is 0.542. The lowest BCUT2D eigenvalue weighted by atomic mass is 10.0. The SMILES string of the molecule is C=CCCC(=O)O[C@H](CCC=C)[C@H]1O[C@@H]2OC(C)(C)O[C@@H]2[C@H]1OCc1ccccc1. The van der Waals surface area contributed by atoms with Crippen LogP contribution >= 0.6 is 0 Å². The summed E-state index contributed by atoms with van der Waals surface area (Å²) < 4.78 is 30.2. The Morgan fingerprint density at radius 3 is 2.60 bits per heavy atom. The van der Waals surface area contributed by atoms with Crippen LogP contribution in [0.4, 0.5) is 0 Å². The second-order valence-electron chi connectivity index (χ2n) is 8.05. The molecule has 2 saturated heterocycles. The minimum atomic E-state index is -0.758. The quantitative estimate of drug-likeness (QED) is 0.396. The highest BCUT2D eigenvalue weighted by molar-refractivity contribution is 5.69. The molecule has 2 fully saturated rings. The van der Waals surface area contributed by atoms with Crippen molar-refractivity contribution < 1.29 is 28.5 Å². The zero-order valence-corrected chi connectivity index (χ0v) is 17.8. The van der Waals surface area contributed by atoms with Crippen molar-refractivity contribution in [1.29, 1.82) is 0 Å². The van der Waals surface area contributed by atoms with E-state index in [9.17, 15) is 4.79 Å². The first-order valence-electron chi connectivity index (χ1n) is 10.5. The van der Waals surface area contributed by atoms with Gasteiger partial charge in [0.25, 0.3) is 0 Å². The number of allylic oxidation sites excluding steroid dienone is 2. The molecule has 164 valence electrons. The molecule has 0 radical (unpaired) electrons. The van der Waals surface area contributed by atoms with E-state index in [-0.39, 0.29) is 12.4 Å². The highest BCUT2D eigenvalue weighted by atomic mass is 16.8. The molecule has 6 heteroatoms. The van der Waals surface area contributed by atoms with E-state index in [1.165, 1.54) is 0 Å². The second kappa shape index (κ2) is 10.4. The Balaban J connectivity index is 1.76. The number of hydrogen-bond acceptors (Lipinski definition) is 6. The molecule has 0 amide bonds. The molecule has 1 aromatic rings. The zero-order valence-electron chi connectivity index (χ0n) is 17.8. The molecule has 3 rings (SSSR count). The molecule has 5 atom stereocenters. The number of esters is 1. The van der Waals surface area contributed by atoms with Crippen LogP contribution in [-0.2, 0) is 35.1 Å². The highest BCUT2D eigenvalue weighted by Gasteiger charge is 2.57. The van der Waals surface area contributed by atoms with Crippen LogP contribution < -0.4 is 0 Å². The molecule has 6 nitrogen and oxygen atoms in total. The summed E-state index contributed by atoms with van der Waals surface area (Å²) in [6, 6.07) is 9.91. The maximum atomic E-state index is 12.3. The fourth-order valence-corrected chi connectivity index (χ4v) is 3.78. The van der Waals surface area contributed by atoms with E-state index in [1.54, 1.807) is 12.2 Å². The first-order chi connectivity index (χ1) is 14.4. The number of benzene rings is 1. The van der Waals surface area contributed by atoms with Crippen molar-refractivity contribution in [3.63, 3.8) is 0 Å². The van der Waals surface area contributed by atoms with E-state index < -0.39 is 36.5 Å². The van der Waals surface area contributed by atoms with Crippen LogP contribution in [0.1, 0.15) is 45.1 Å². The van der Waals surface area contributed by atoms with Crippen LogP contribution in [0.15, 0.2) is 55.6 Å². The van der Waals surface area contributed by atoms with Gasteiger partial charge in [-0.1, -0.05) is 42.5 Å². The lowest BCUT2D eigenvalue weighted by molar-refractivity contribution is -0.233. The molecular formula is C24H32O6. The Morgan fingerprint density at radius 2 is 1.90 bits per heavy atom. The topological polar surface area (TPSA) is 63.2 Å². The van der Waals surface area contributed by atoms with E-state index >= 15 is 0 Å². The van der Waals surface area contributed by atoms with E-state index in [4.69, 9.17) is 23.7 Å². The van der Waals surface area contributed by atoms with Gasteiger partial charge in [-0.15, -0.1) is 13.2 Å². The molecule has 30 heavy (non-hydrogen) atoms. The van der Waals surface area contributed by atoms with Crippen LogP contribution in [-0.4, -0.2) is 42.5 Å². The first-order valence-corrected chi connectivity index (χ1v) is 10.5. The molecule has 2 aliphatic heterocycles. The monoisotopic (exact) mass is 416 g/mol. The van der Waals surface area contributed by atoms with Gasteiger partial charge < -0.3 is 23.7 Å². The van der Waals surface area contributed by atoms with Crippen molar-refractivity contribution >= 4 is 5.97 Å². The van der Waals surface area contributed by atoms with Crippen LogP contribution in [0.3, 0.4) is 0 Å². The lowest BCUT2D eigenvalue weighted by Crippen LogP contribution is -2.44.